The minimum Gasteiger partial charge on any atom is -0.482 e. The van der Waals surface area contributed by atoms with Crippen molar-refractivity contribution in [1.82, 2.24) is 5.32 Å². The molecule has 1 aliphatic heterocycles. The van der Waals surface area contributed by atoms with Crippen LogP contribution in [0.2, 0.25) is 0 Å². The third-order valence-corrected chi connectivity index (χ3v) is 4.68. The highest BCUT2D eigenvalue weighted by atomic mass is 16.5. The van der Waals surface area contributed by atoms with Crippen LogP contribution in [0.4, 0.5) is 5.69 Å². The molecule has 2 aromatic rings. The van der Waals surface area contributed by atoms with E-state index in [9.17, 15) is 9.59 Å². The molecule has 0 fully saturated rings. The molecule has 0 aromatic heterocycles. The number of carbonyl (C=O) groups is 2. The van der Waals surface area contributed by atoms with E-state index in [4.69, 9.17) is 4.74 Å². The fourth-order valence-corrected chi connectivity index (χ4v) is 3.01. The molecule has 5 heteroatoms. The predicted octanol–water partition coefficient (Wildman–Crippen LogP) is 3.26. The van der Waals surface area contributed by atoms with Gasteiger partial charge < -0.3 is 15.4 Å². The lowest BCUT2D eigenvalue weighted by Crippen LogP contribution is -2.33. The summed E-state index contributed by atoms with van der Waals surface area (Å²) in [6.07, 6.45) is 0.923. The molecule has 26 heavy (non-hydrogen) atoms. The molecule has 0 bridgehead atoms. The molecule has 2 amide bonds. The van der Waals surface area contributed by atoms with Crippen molar-refractivity contribution < 1.29 is 14.3 Å². The maximum Gasteiger partial charge on any atom is 0.262 e. The molecular formula is C21H24N2O3. The molecule has 3 rings (SSSR count). The van der Waals surface area contributed by atoms with Crippen molar-refractivity contribution in [2.45, 2.75) is 20.3 Å². The van der Waals surface area contributed by atoms with Crippen molar-refractivity contribution in [2.24, 2.45) is 11.8 Å². The molecule has 5 nitrogen and oxygen atoms in total. The number of carbonyl (C=O) groups excluding carboxylic acids is 2. The zero-order chi connectivity index (χ0) is 18.5. The molecule has 1 unspecified atom stereocenters. The van der Waals surface area contributed by atoms with Gasteiger partial charge in [-0.3, -0.25) is 9.59 Å². The molecule has 2 N–H and O–H groups in total. The average molecular weight is 352 g/mol. The van der Waals surface area contributed by atoms with Crippen LogP contribution in [0.1, 0.15) is 29.8 Å². The van der Waals surface area contributed by atoms with E-state index < -0.39 is 0 Å². The third-order valence-electron chi connectivity index (χ3n) is 4.68. The third kappa shape index (κ3) is 4.42. The first-order valence-corrected chi connectivity index (χ1v) is 8.91. The van der Waals surface area contributed by atoms with Crippen molar-refractivity contribution in [2.75, 3.05) is 18.5 Å². The molecule has 0 aliphatic carbocycles. The minimum absolute atomic E-state index is 0.00803. The number of hydrogen-bond acceptors (Lipinski definition) is 3. The molecule has 2 aromatic carbocycles. The van der Waals surface area contributed by atoms with E-state index in [-0.39, 0.29) is 18.4 Å². The smallest absolute Gasteiger partial charge is 0.262 e. The van der Waals surface area contributed by atoms with Gasteiger partial charge in [-0.2, -0.15) is 0 Å². The lowest BCUT2D eigenvalue weighted by molar-refractivity contribution is -0.118. The lowest BCUT2D eigenvalue weighted by atomic mass is 9.89. The summed E-state index contributed by atoms with van der Waals surface area (Å²) >= 11 is 0. The van der Waals surface area contributed by atoms with E-state index in [2.05, 4.69) is 36.6 Å². The largest absolute Gasteiger partial charge is 0.482 e. The van der Waals surface area contributed by atoms with Gasteiger partial charge >= 0.3 is 0 Å². The van der Waals surface area contributed by atoms with Gasteiger partial charge in [0.2, 0.25) is 0 Å². The maximum absolute atomic E-state index is 12.5. The van der Waals surface area contributed by atoms with Crippen LogP contribution in [0.5, 0.6) is 5.75 Å². The fraction of sp³-hybridized carbons (Fsp3) is 0.333. The van der Waals surface area contributed by atoms with E-state index in [0.29, 0.717) is 35.4 Å². The van der Waals surface area contributed by atoms with E-state index in [1.807, 2.05) is 18.2 Å². The van der Waals surface area contributed by atoms with E-state index >= 15 is 0 Å². The molecule has 1 aliphatic rings. The molecule has 1 atom stereocenters. The summed E-state index contributed by atoms with van der Waals surface area (Å²) in [7, 11) is 0. The minimum atomic E-state index is -0.210. The molecule has 0 radical (unpaired) electrons. The molecule has 0 spiro atoms. The summed E-state index contributed by atoms with van der Waals surface area (Å²) in [5, 5.41) is 5.75. The highest BCUT2D eigenvalue weighted by molar-refractivity contribution is 5.99. The molecule has 136 valence electrons. The molecule has 1 heterocycles. The van der Waals surface area contributed by atoms with Crippen LogP contribution < -0.4 is 15.4 Å². The first-order valence-electron chi connectivity index (χ1n) is 8.91. The normalized spacial score (nSPS) is 14.2. The van der Waals surface area contributed by atoms with Gasteiger partial charge in [-0.1, -0.05) is 44.2 Å². The Kier molecular flexibility index (Phi) is 5.56. The number of anilines is 1. The molecule has 0 saturated carbocycles. The van der Waals surface area contributed by atoms with Crippen molar-refractivity contribution in [3.63, 3.8) is 0 Å². The predicted molar refractivity (Wildman–Crippen MR) is 101 cm³/mol. The van der Waals surface area contributed by atoms with Gasteiger partial charge in [-0.25, -0.2) is 0 Å². The number of nitrogens with one attached hydrogen (secondary N) is 2. The average Bonchev–Trinajstić information content (AvgIpc) is 2.64. The fourth-order valence-electron chi connectivity index (χ4n) is 3.01. The van der Waals surface area contributed by atoms with Crippen LogP contribution in [-0.4, -0.2) is 25.0 Å². The Morgan fingerprint density at radius 3 is 2.69 bits per heavy atom. The van der Waals surface area contributed by atoms with Crippen molar-refractivity contribution in [3.05, 3.63) is 59.7 Å². The summed E-state index contributed by atoms with van der Waals surface area (Å²) < 4.78 is 5.32. The Hall–Kier alpha value is -2.82. The topological polar surface area (TPSA) is 67.4 Å². The van der Waals surface area contributed by atoms with Gasteiger partial charge in [0.05, 0.1) is 5.69 Å². The van der Waals surface area contributed by atoms with Gasteiger partial charge in [0.15, 0.2) is 6.61 Å². The molecular weight excluding hydrogens is 328 g/mol. The van der Waals surface area contributed by atoms with Gasteiger partial charge in [-0.05, 0) is 42.0 Å². The second-order valence-corrected chi connectivity index (χ2v) is 6.95. The highest BCUT2D eigenvalue weighted by Crippen LogP contribution is 2.28. The van der Waals surface area contributed by atoms with Crippen LogP contribution in [0, 0.1) is 11.8 Å². The quantitative estimate of drug-likeness (QED) is 0.838. The van der Waals surface area contributed by atoms with Crippen LogP contribution >= 0.6 is 0 Å². The van der Waals surface area contributed by atoms with Gasteiger partial charge in [-0.15, -0.1) is 0 Å². The standard InChI is InChI=1S/C21H24N2O3/c1-14(2)17(10-15-6-4-3-5-7-15)12-22-21(25)16-8-9-19-18(11-16)23-20(24)13-26-19/h3-9,11,14,17H,10,12-13H2,1-2H3,(H,22,25)(H,23,24). The van der Waals surface area contributed by atoms with Crippen molar-refractivity contribution in [1.29, 1.82) is 0 Å². The Bertz CT molecular complexity index is 787. The van der Waals surface area contributed by atoms with Gasteiger partial charge in [0.1, 0.15) is 5.75 Å². The van der Waals surface area contributed by atoms with Crippen LogP contribution in [0.15, 0.2) is 48.5 Å². The van der Waals surface area contributed by atoms with Crippen LogP contribution in [0.3, 0.4) is 0 Å². The highest BCUT2D eigenvalue weighted by Gasteiger charge is 2.19. The Balaban J connectivity index is 1.63. The summed E-state index contributed by atoms with van der Waals surface area (Å²) in [6, 6.07) is 15.4. The summed E-state index contributed by atoms with van der Waals surface area (Å²) in [6.45, 7) is 4.95. The van der Waals surface area contributed by atoms with Crippen molar-refractivity contribution in [3.8, 4) is 5.75 Å². The SMILES string of the molecule is CC(C)C(CNC(=O)c1ccc2c(c1)NC(=O)CO2)Cc1ccccc1. The number of ether oxygens (including phenoxy) is 1. The zero-order valence-electron chi connectivity index (χ0n) is 15.1. The monoisotopic (exact) mass is 352 g/mol. The second kappa shape index (κ2) is 8.04. The first kappa shape index (κ1) is 18.0. The van der Waals surface area contributed by atoms with E-state index in [1.54, 1.807) is 18.2 Å². The number of rotatable bonds is 6. The van der Waals surface area contributed by atoms with Crippen LogP contribution in [-0.2, 0) is 11.2 Å². The maximum atomic E-state index is 12.5. The zero-order valence-corrected chi connectivity index (χ0v) is 15.1. The Morgan fingerprint density at radius 1 is 1.19 bits per heavy atom. The Labute approximate surface area is 153 Å². The van der Waals surface area contributed by atoms with Crippen molar-refractivity contribution >= 4 is 17.5 Å². The van der Waals surface area contributed by atoms with Gasteiger partial charge in [0.25, 0.3) is 11.8 Å². The summed E-state index contributed by atoms with van der Waals surface area (Å²) in [5.74, 6) is 1.03. The second-order valence-electron chi connectivity index (χ2n) is 6.95. The lowest BCUT2D eigenvalue weighted by Gasteiger charge is -2.22. The van der Waals surface area contributed by atoms with E-state index in [1.165, 1.54) is 5.56 Å². The number of amides is 2. The number of fused-ring (bicyclic) bond motifs is 1. The number of benzene rings is 2. The summed E-state index contributed by atoms with van der Waals surface area (Å²) in [4.78, 5) is 24.0. The number of hydrogen-bond donors (Lipinski definition) is 2. The summed E-state index contributed by atoms with van der Waals surface area (Å²) in [5.41, 5.74) is 2.32. The Morgan fingerprint density at radius 2 is 1.96 bits per heavy atom. The van der Waals surface area contributed by atoms with E-state index in [0.717, 1.165) is 6.42 Å². The van der Waals surface area contributed by atoms with Gasteiger partial charge in [0, 0.05) is 12.1 Å². The van der Waals surface area contributed by atoms with Crippen LogP contribution in [0.25, 0.3) is 0 Å². The molecule has 0 saturated heterocycles. The first-order chi connectivity index (χ1) is 12.5.